The van der Waals surface area contributed by atoms with Crippen molar-refractivity contribution in [3.05, 3.63) is 108 Å². The Hall–Kier alpha value is -3.62. The summed E-state index contributed by atoms with van der Waals surface area (Å²) in [5.41, 5.74) is 0.485. The fraction of sp³-hybridized carbons (Fsp3) is 0.250. The van der Waals surface area contributed by atoms with Crippen LogP contribution in [0.25, 0.3) is 0 Å². The molecule has 4 atom stereocenters. The van der Waals surface area contributed by atoms with Gasteiger partial charge in [-0.25, -0.2) is 14.4 Å². The molecule has 0 aliphatic carbocycles. The third kappa shape index (κ3) is 6.33. The summed E-state index contributed by atoms with van der Waals surface area (Å²) in [6.07, 6.45) is -2.73. The number of carbonyl (C=O) groups is 3. The van der Waals surface area contributed by atoms with E-state index in [0.717, 1.165) is 0 Å². The van der Waals surface area contributed by atoms with E-state index in [1.807, 2.05) is 6.92 Å². The molecule has 36 heavy (non-hydrogen) atoms. The summed E-state index contributed by atoms with van der Waals surface area (Å²) in [7, 11) is 0. The van der Waals surface area contributed by atoms with Crippen LogP contribution in [0.4, 0.5) is 0 Å². The highest BCUT2D eigenvalue weighted by Gasteiger charge is 2.50. The Morgan fingerprint density at radius 1 is 0.694 bits per heavy atom. The van der Waals surface area contributed by atoms with Crippen molar-refractivity contribution in [1.29, 1.82) is 0 Å². The van der Waals surface area contributed by atoms with Crippen LogP contribution < -0.4 is 0 Å². The highest BCUT2D eigenvalue weighted by atomic mass is 32.2. The number of esters is 3. The van der Waals surface area contributed by atoms with Crippen molar-refractivity contribution in [1.82, 2.24) is 0 Å². The summed E-state index contributed by atoms with van der Waals surface area (Å²) in [6, 6.07) is 25.6. The Morgan fingerprint density at radius 2 is 1.14 bits per heavy atom. The Morgan fingerprint density at radius 3 is 1.61 bits per heavy atom. The van der Waals surface area contributed by atoms with Crippen LogP contribution in [0, 0.1) is 0 Å². The van der Waals surface area contributed by atoms with Gasteiger partial charge in [0.1, 0.15) is 18.1 Å². The normalized spacial score (nSPS) is 20.9. The number of ether oxygens (including phenoxy) is 4. The van der Waals surface area contributed by atoms with E-state index < -0.39 is 41.7 Å². The highest BCUT2D eigenvalue weighted by Crippen LogP contribution is 2.34. The topological polar surface area (TPSA) is 88.1 Å². The maximum atomic E-state index is 12.9. The van der Waals surface area contributed by atoms with Crippen molar-refractivity contribution < 1.29 is 33.3 Å². The minimum Gasteiger partial charge on any atom is -0.459 e. The maximum Gasteiger partial charge on any atom is 0.338 e. The predicted octanol–water partition coefficient (Wildman–Crippen LogP) is 4.77. The van der Waals surface area contributed by atoms with Crippen molar-refractivity contribution in [2.24, 2.45) is 0 Å². The molecule has 0 N–H and O–H groups in total. The van der Waals surface area contributed by atoms with E-state index in [2.05, 4.69) is 0 Å². The van der Waals surface area contributed by atoms with E-state index >= 15 is 0 Å². The number of carbonyl (C=O) groups excluding carboxylic acids is 3. The van der Waals surface area contributed by atoms with Gasteiger partial charge in [-0.2, -0.15) is 0 Å². The molecule has 1 fully saturated rings. The summed E-state index contributed by atoms with van der Waals surface area (Å²) in [5, 5.41) is 0. The molecule has 7 nitrogen and oxygen atoms in total. The smallest absolute Gasteiger partial charge is 0.338 e. The Balaban J connectivity index is 1.56. The number of thioether (sulfide) groups is 1. The van der Waals surface area contributed by atoms with Crippen LogP contribution in [0.5, 0.6) is 0 Å². The molecule has 1 saturated heterocycles. The fourth-order valence-electron chi connectivity index (χ4n) is 3.74. The first-order valence-corrected chi connectivity index (χ1v) is 12.6. The first-order chi connectivity index (χ1) is 17.6. The van der Waals surface area contributed by atoms with Crippen LogP contribution in [0.3, 0.4) is 0 Å². The number of benzene rings is 3. The summed E-state index contributed by atoms with van der Waals surface area (Å²) < 4.78 is 23.3. The predicted molar refractivity (Wildman–Crippen MR) is 135 cm³/mol. The van der Waals surface area contributed by atoms with E-state index in [9.17, 15) is 14.4 Å². The van der Waals surface area contributed by atoms with Crippen LogP contribution in [0.2, 0.25) is 0 Å². The Kier molecular flexibility index (Phi) is 8.76. The van der Waals surface area contributed by atoms with Crippen LogP contribution in [-0.2, 0) is 18.9 Å². The summed E-state index contributed by atoms with van der Waals surface area (Å²) in [6.45, 7) is 1.76. The SMILES string of the molecule is CCS[C@@H]1O[C@@H](COC(=O)c2ccccc2)C(OC(=O)c2ccccc2)C1OC(=O)c1ccccc1. The minimum absolute atomic E-state index is 0.180. The van der Waals surface area contributed by atoms with Gasteiger partial charge in [-0.15, -0.1) is 11.8 Å². The average molecular weight is 507 g/mol. The standard InChI is InChI=1S/C28H26O7S/c1-2-36-28-24(35-27(31)21-16-10-5-11-17-21)23(34-26(30)20-14-8-4-9-15-20)22(33-28)18-32-25(29)19-12-6-3-7-13-19/h3-17,22-24,28H,2,18H2,1H3/t22-,23?,24?,28-/m0/s1. The van der Waals surface area contributed by atoms with Crippen molar-refractivity contribution in [2.75, 3.05) is 12.4 Å². The molecule has 0 aromatic heterocycles. The molecular weight excluding hydrogens is 480 g/mol. The monoisotopic (exact) mass is 506 g/mol. The van der Waals surface area contributed by atoms with Gasteiger partial charge in [0.05, 0.1) is 16.7 Å². The molecule has 1 aliphatic heterocycles. The Bertz CT molecular complexity index is 1150. The van der Waals surface area contributed by atoms with Gasteiger partial charge in [0.25, 0.3) is 0 Å². The van der Waals surface area contributed by atoms with Gasteiger partial charge >= 0.3 is 17.9 Å². The molecule has 0 bridgehead atoms. The lowest BCUT2D eigenvalue weighted by molar-refractivity contribution is -0.0435. The fourth-order valence-corrected chi connectivity index (χ4v) is 4.69. The van der Waals surface area contributed by atoms with Gasteiger partial charge in [-0.3, -0.25) is 0 Å². The molecule has 2 unspecified atom stereocenters. The third-order valence-electron chi connectivity index (χ3n) is 5.49. The molecule has 0 amide bonds. The lowest BCUT2D eigenvalue weighted by atomic mass is 10.1. The van der Waals surface area contributed by atoms with Crippen LogP contribution in [-0.4, -0.2) is 54.0 Å². The van der Waals surface area contributed by atoms with Gasteiger partial charge < -0.3 is 18.9 Å². The van der Waals surface area contributed by atoms with E-state index in [4.69, 9.17) is 18.9 Å². The van der Waals surface area contributed by atoms with E-state index in [1.165, 1.54) is 11.8 Å². The van der Waals surface area contributed by atoms with Crippen LogP contribution >= 0.6 is 11.8 Å². The lowest BCUT2D eigenvalue weighted by Gasteiger charge is -2.24. The van der Waals surface area contributed by atoms with Crippen molar-refractivity contribution in [3.8, 4) is 0 Å². The zero-order chi connectivity index (χ0) is 25.3. The second-order valence-electron chi connectivity index (χ2n) is 7.93. The van der Waals surface area contributed by atoms with Crippen LogP contribution in [0.1, 0.15) is 38.0 Å². The Labute approximate surface area is 213 Å². The van der Waals surface area contributed by atoms with Gasteiger partial charge in [0.2, 0.25) is 0 Å². The van der Waals surface area contributed by atoms with Crippen molar-refractivity contribution >= 4 is 29.7 Å². The highest BCUT2D eigenvalue weighted by molar-refractivity contribution is 7.99. The number of hydrogen-bond acceptors (Lipinski definition) is 8. The minimum atomic E-state index is -0.988. The van der Waals surface area contributed by atoms with Crippen LogP contribution in [0.15, 0.2) is 91.0 Å². The lowest BCUT2D eigenvalue weighted by Crippen LogP contribution is -2.41. The largest absolute Gasteiger partial charge is 0.459 e. The second-order valence-corrected chi connectivity index (χ2v) is 9.31. The quantitative estimate of drug-likeness (QED) is 0.303. The summed E-state index contributed by atoms with van der Waals surface area (Å²) >= 11 is 1.41. The van der Waals surface area contributed by atoms with Crippen molar-refractivity contribution in [2.45, 2.75) is 30.7 Å². The molecule has 3 aromatic rings. The van der Waals surface area contributed by atoms with Gasteiger partial charge in [-0.05, 0) is 42.2 Å². The molecule has 4 rings (SSSR count). The summed E-state index contributed by atoms with van der Waals surface area (Å²) in [4.78, 5) is 38.4. The first kappa shape index (κ1) is 25.5. The van der Waals surface area contributed by atoms with Gasteiger partial charge in [-0.1, -0.05) is 61.5 Å². The van der Waals surface area contributed by atoms with Gasteiger partial charge in [0.15, 0.2) is 12.2 Å². The molecule has 0 saturated carbocycles. The molecule has 0 spiro atoms. The first-order valence-electron chi connectivity index (χ1n) is 11.6. The second kappa shape index (κ2) is 12.4. The summed E-state index contributed by atoms with van der Waals surface area (Å²) in [5.74, 6) is -1.02. The molecule has 0 radical (unpaired) electrons. The molecule has 1 heterocycles. The zero-order valence-corrected chi connectivity index (χ0v) is 20.5. The van der Waals surface area contributed by atoms with E-state index in [1.54, 1.807) is 91.0 Å². The third-order valence-corrected chi connectivity index (χ3v) is 6.53. The van der Waals surface area contributed by atoms with E-state index in [-0.39, 0.29) is 6.61 Å². The number of rotatable bonds is 9. The molecule has 8 heteroatoms. The zero-order valence-electron chi connectivity index (χ0n) is 19.6. The maximum absolute atomic E-state index is 12.9. The average Bonchev–Trinajstić information content (AvgIpc) is 3.24. The molecule has 3 aromatic carbocycles. The molecular formula is C28H26O7S. The van der Waals surface area contributed by atoms with E-state index in [0.29, 0.717) is 22.4 Å². The van der Waals surface area contributed by atoms with Crippen molar-refractivity contribution in [3.63, 3.8) is 0 Å². The number of hydrogen-bond donors (Lipinski definition) is 0. The molecule has 186 valence electrons. The molecule has 1 aliphatic rings. The van der Waals surface area contributed by atoms with Gasteiger partial charge in [0, 0.05) is 0 Å².